The molecule has 1 aliphatic carbocycles. The first-order valence-electron chi connectivity index (χ1n) is 4.81. The Hall–Kier alpha value is -0.900. The average Bonchev–Trinajstić information content (AvgIpc) is 2.72. The molecular formula is C9H15N3O. The van der Waals surface area contributed by atoms with E-state index in [9.17, 15) is 5.11 Å². The Labute approximate surface area is 77.6 Å². The minimum atomic E-state index is -0.373. The highest BCUT2D eigenvalue weighted by atomic mass is 16.3. The summed E-state index contributed by atoms with van der Waals surface area (Å²) in [5.74, 6) is 0.414. The number of aromatic nitrogens is 3. The highest BCUT2D eigenvalue weighted by Gasteiger charge is 2.26. The molecule has 1 N–H and O–H groups in total. The van der Waals surface area contributed by atoms with Crippen LogP contribution in [0, 0.1) is 5.92 Å². The zero-order valence-electron chi connectivity index (χ0n) is 7.85. The van der Waals surface area contributed by atoms with Gasteiger partial charge in [-0.15, -0.1) is 5.10 Å². The van der Waals surface area contributed by atoms with Crippen molar-refractivity contribution in [2.45, 2.75) is 31.8 Å². The van der Waals surface area contributed by atoms with E-state index in [4.69, 9.17) is 0 Å². The van der Waals surface area contributed by atoms with Crippen LogP contribution in [0.3, 0.4) is 0 Å². The lowest BCUT2D eigenvalue weighted by atomic mass is 9.99. The molecule has 72 valence electrons. The molecule has 0 saturated heterocycles. The standard InChI is InChI=1S/C9H15N3O/c1-12-8(6-10-11-12)9(13)7-4-2-3-5-7/h6-7,9,13H,2-5H2,1H3. The highest BCUT2D eigenvalue weighted by molar-refractivity contribution is 5.01. The van der Waals surface area contributed by atoms with Crippen molar-refractivity contribution >= 4 is 0 Å². The second-order valence-electron chi connectivity index (χ2n) is 3.77. The van der Waals surface area contributed by atoms with Crippen molar-refractivity contribution in [1.29, 1.82) is 0 Å². The molecule has 0 spiro atoms. The smallest absolute Gasteiger partial charge is 0.100 e. The van der Waals surface area contributed by atoms with Crippen LogP contribution in [0.15, 0.2) is 6.20 Å². The first-order chi connectivity index (χ1) is 6.29. The lowest BCUT2D eigenvalue weighted by molar-refractivity contribution is 0.103. The largest absolute Gasteiger partial charge is 0.386 e. The molecule has 2 rings (SSSR count). The molecule has 1 aliphatic rings. The van der Waals surface area contributed by atoms with E-state index in [-0.39, 0.29) is 6.10 Å². The molecule has 1 aromatic rings. The maximum atomic E-state index is 9.99. The Morgan fingerprint density at radius 2 is 2.23 bits per heavy atom. The summed E-state index contributed by atoms with van der Waals surface area (Å²) >= 11 is 0. The average molecular weight is 181 g/mol. The maximum Gasteiger partial charge on any atom is 0.100 e. The molecule has 0 amide bonds. The van der Waals surface area contributed by atoms with Crippen molar-refractivity contribution in [1.82, 2.24) is 15.0 Å². The van der Waals surface area contributed by atoms with Crippen molar-refractivity contribution in [3.63, 3.8) is 0 Å². The fourth-order valence-corrected chi connectivity index (χ4v) is 2.08. The van der Waals surface area contributed by atoms with Gasteiger partial charge in [0.05, 0.1) is 11.9 Å². The molecule has 1 aromatic heterocycles. The predicted octanol–water partition coefficient (Wildman–Crippen LogP) is 1.04. The van der Waals surface area contributed by atoms with Crippen molar-refractivity contribution < 1.29 is 5.11 Å². The summed E-state index contributed by atoms with van der Waals surface area (Å²) in [6, 6.07) is 0. The molecule has 0 aliphatic heterocycles. The van der Waals surface area contributed by atoms with Crippen LogP contribution in [0.5, 0.6) is 0 Å². The minimum absolute atomic E-state index is 0.373. The molecule has 0 radical (unpaired) electrons. The van der Waals surface area contributed by atoms with Gasteiger partial charge in [-0.1, -0.05) is 18.1 Å². The topological polar surface area (TPSA) is 50.9 Å². The maximum absolute atomic E-state index is 9.99. The Kier molecular flexibility index (Phi) is 2.31. The molecule has 1 heterocycles. The van der Waals surface area contributed by atoms with Crippen LogP contribution in [-0.4, -0.2) is 20.1 Å². The molecule has 1 unspecified atom stereocenters. The fraction of sp³-hybridized carbons (Fsp3) is 0.778. The van der Waals surface area contributed by atoms with E-state index in [0.717, 1.165) is 18.5 Å². The highest BCUT2D eigenvalue weighted by Crippen LogP contribution is 2.34. The Balaban J connectivity index is 2.12. The SMILES string of the molecule is Cn1nncc1C(O)C1CCCC1. The van der Waals surface area contributed by atoms with Gasteiger partial charge in [-0.25, -0.2) is 4.68 Å². The normalized spacial score (nSPS) is 20.8. The van der Waals surface area contributed by atoms with Crippen molar-refractivity contribution in [3.05, 3.63) is 11.9 Å². The van der Waals surface area contributed by atoms with Crippen molar-refractivity contribution in [2.75, 3.05) is 0 Å². The van der Waals surface area contributed by atoms with Crippen LogP contribution in [-0.2, 0) is 7.05 Å². The molecule has 4 heteroatoms. The molecule has 0 aromatic carbocycles. The van der Waals surface area contributed by atoms with E-state index in [1.165, 1.54) is 12.8 Å². The van der Waals surface area contributed by atoms with Gasteiger partial charge < -0.3 is 5.11 Å². The number of nitrogens with zero attached hydrogens (tertiary/aromatic N) is 3. The molecule has 13 heavy (non-hydrogen) atoms. The quantitative estimate of drug-likeness (QED) is 0.741. The summed E-state index contributed by atoms with van der Waals surface area (Å²) in [6.07, 6.45) is 6.03. The fourth-order valence-electron chi connectivity index (χ4n) is 2.08. The summed E-state index contributed by atoms with van der Waals surface area (Å²) in [4.78, 5) is 0. The van der Waals surface area contributed by atoms with Gasteiger partial charge in [0.1, 0.15) is 6.10 Å². The second-order valence-corrected chi connectivity index (χ2v) is 3.77. The van der Waals surface area contributed by atoms with Gasteiger partial charge in [0, 0.05) is 7.05 Å². The summed E-state index contributed by atoms with van der Waals surface area (Å²) in [5.41, 5.74) is 0.840. The monoisotopic (exact) mass is 181 g/mol. The molecule has 1 fully saturated rings. The van der Waals surface area contributed by atoms with Gasteiger partial charge in [-0.05, 0) is 18.8 Å². The zero-order chi connectivity index (χ0) is 9.26. The number of rotatable bonds is 2. The van der Waals surface area contributed by atoms with Gasteiger partial charge in [0.15, 0.2) is 0 Å². The van der Waals surface area contributed by atoms with Crippen LogP contribution in [0.2, 0.25) is 0 Å². The molecular weight excluding hydrogens is 166 g/mol. The second kappa shape index (κ2) is 3.46. The van der Waals surface area contributed by atoms with E-state index in [1.54, 1.807) is 10.9 Å². The molecule has 4 nitrogen and oxygen atoms in total. The predicted molar refractivity (Wildman–Crippen MR) is 47.9 cm³/mol. The van der Waals surface area contributed by atoms with Gasteiger partial charge in [-0.3, -0.25) is 0 Å². The summed E-state index contributed by atoms with van der Waals surface area (Å²) in [5, 5.41) is 17.6. The lowest BCUT2D eigenvalue weighted by Crippen LogP contribution is -2.13. The number of aryl methyl sites for hydroxylation is 1. The van der Waals surface area contributed by atoms with Crippen LogP contribution >= 0.6 is 0 Å². The number of hydrogen-bond donors (Lipinski definition) is 1. The van der Waals surface area contributed by atoms with Gasteiger partial charge in [0.2, 0.25) is 0 Å². The van der Waals surface area contributed by atoms with E-state index in [0.29, 0.717) is 5.92 Å². The van der Waals surface area contributed by atoms with Crippen molar-refractivity contribution in [3.8, 4) is 0 Å². The van der Waals surface area contributed by atoms with Gasteiger partial charge in [-0.2, -0.15) is 0 Å². The molecule has 1 atom stereocenters. The van der Waals surface area contributed by atoms with Crippen LogP contribution in [0.1, 0.15) is 37.5 Å². The van der Waals surface area contributed by atoms with E-state index in [1.807, 2.05) is 7.05 Å². The zero-order valence-corrected chi connectivity index (χ0v) is 7.85. The van der Waals surface area contributed by atoms with E-state index >= 15 is 0 Å². The summed E-state index contributed by atoms with van der Waals surface area (Å²) in [7, 11) is 1.82. The van der Waals surface area contributed by atoms with E-state index < -0.39 is 0 Å². The van der Waals surface area contributed by atoms with Gasteiger partial charge in [0.25, 0.3) is 0 Å². The lowest BCUT2D eigenvalue weighted by Gasteiger charge is -2.16. The third kappa shape index (κ3) is 1.58. The number of hydrogen-bond acceptors (Lipinski definition) is 3. The third-order valence-corrected chi connectivity index (χ3v) is 2.90. The van der Waals surface area contributed by atoms with Crippen molar-refractivity contribution in [2.24, 2.45) is 13.0 Å². The first kappa shape index (κ1) is 8.69. The third-order valence-electron chi connectivity index (χ3n) is 2.90. The number of aliphatic hydroxyl groups excluding tert-OH is 1. The Morgan fingerprint density at radius 3 is 2.77 bits per heavy atom. The Morgan fingerprint density at radius 1 is 1.54 bits per heavy atom. The first-order valence-corrected chi connectivity index (χ1v) is 4.81. The summed E-state index contributed by atoms with van der Waals surface area (Å²) < 4.78 is 1.66. The number of aliphatic hydroxyl groups is 1. The van der Waals surface area contributed by atoms with Crippen LogP contribution in [0.4, 0.5) is 0 Å². The van der Waals surface area contributed by atoms with Gasteiger partial charge >= 0.3 is 0 Å². The minimum Gasteiger partial charge on any atom is -0.386 e. The van der Waals surface area contributed by atoms with Crippen LogP contribution < -0.4 is 0 Å². The van der Waals surface area contributed by atoms with Crippen LogP contribution in [0.25, 0.3) is 0 Å². The molecule has 1 saturated carbocycles. The molecule has 0 bridgehead atoms. The Bertz CT molecular complexity index is 278. The van der Waals surface area contributed by atoms with E-state index in [2.05, 4.69) is 10.3 Å². The summed E-state index contributed by atoms with van der Waals surface area (Å²) in [6.45, 7) is 0.